The molecule has 0 radical (unpaired) electrons. The summed E-state index contributed by atoms with van der Waals surface area (Å²) in [6.45, 7) is 13.5. The third-order valence-corrected chi connectivity index (χ3v) is 11.4. The van der Waals surface area contributed by atoms with E-state index < -0.39 is 5.41 Å². The molecule has 2 unspecified atom stereocenters. The minimum absolute atomic E-state index is 0.406. The van der Waals surface area contributed by atoms with Crippen LogP contribution in [-0.4, -0.2) is 0 Å². The number of fused-ring (bicyclic) bond motifs is 2. The van der Waals surface area contributed by atoms with Crippen molar-refractivity contribution in [1.29, 1.82) is 0 Å². The Kier molecular flexibility index (Phi) is 7.82. The molecule has 0 bridgehead atoms. The van der Waals surface area contributed by atoms with Gasteiger partial charge in [0, 0.05) is 14.9 Å². The predicted molar refractivity (Wildman–Crippen MR) is 199 cm³/mol. The molecule has 45 heavy (non-hydrogen) atoms. The van der Waals surface area contributed by atoms with Crippen molar-refractivity contribution in [1.82, 2.24) is 0 Å². The molecule has 0 aliphatic heterocycles. The lowest BCUT2D eigenvalue weighted by Gasteiger charge is -2.38. The third kappa shape index (κ3) is 5.00. The van der Waals surface area contributed by atoms with Gasteiger partial charge in [-0.15, -0.1) is 0 Å². The van der Waals surface area contributed by atoms with Crippen LogP contribution in [0.5, 0.6) is 0 Å². The van der Waals surface area contributed by atoms with Crippen LogP contribution in [0.1, 0.15) is 71.2 Å². The van der Waals surface area contributed by atoms with Crippen LogP contribution < -0.4 is 0 Å². The van der Waals surface area contributed by atoms with Crippen molar-refractivity contribution in [3.63, 3.8) is 0 Å². The maximum atomic E-state index is 3.77. The van der Waals surface area contributed by atoms with Crippen LogP contribution in [0.3, 0.4) is 0 Å². The summed E-state index contributed by atoms with van der Waals surface area (Å²) >= 11 is 7.50. The monoisotopic (exact) mass is 714 g/mol. The minimum atomic E-state index is -0.406. The Morgan fingerprint density at radius 2 is 1.29 bits per heavy atom. The van der Waals surface area contributed by atoms with E-state index in [4.69, 9.17) is 0 Å². The van der Waals surface area contributed by atoms with E-state index in [-0.39, 0.29) is 0 Å². The first-order valence-electron chi connectivity index (χ1n) is 16.1. The lowest BCUT2D eigenvalue weighted by Crippen LogP contribution is -2.30. The van der Waals surface area contributed by atoms with Gasteiger partial charge in [-0.05, 0) is 133 Å². The smallest absolute Gasteiger partial charge is 0.0665 e. The van der Waals surface area contributed by atoms with Gasteiger partial charge in [-0.1, -0.05) is 134 Å². The van der Waals surface area contributed by atoms with Crippen molar-refractivity contribution < 1.29 is 0 Å². The van der Waals surface area contributed by atoms with Gasteiger partial charge in [0.05, 0.1) is 5.41 Å². The second kappa shape index (κ2) is 11.6. The van der Waals surface area contributed by atoms with Crippen molar-refractivity contribution in [3.05, 3.63) is 167 Å². The molecule has 0 nitrogen and oxygen atoms in total. The summed E-state index contributed by atoms with van der Waals surface area (Å²) in [6, 6.07) is 30.5. The normalized spacial score (nSPS) is 20.3. The van der Waals surface area contributed by atoms with Gasteiger partial charge in [0.15, 0.2) is 0 Å². The number of hydrogen-bond donors (Lipinski definition) is 0. The molecular formula is C43H40Br2. The lowest BCUT2D eigenvalue weighted by molar-refractivity contribution is 0.526. The molecule has 0 amide bonds. The zero-order valence-corrected chi connectivity index (χ0v) is 30.2. The van der Waals surface area contributed by atoms with Crippen molar-refractivity contribution in [2.75, 3.05) is 0 Å². The van der Waals surface area contributed by atoms with Crippen LogP contribution in [0.4, 0.5) is 0 Å². The van der Waals surface area contributed by atoms with E-state index in [1.807, 2.05) is 0 Å². The van der Waals surface area contributed by atoms with E-state index in [2.05, 4.69) is 170 Å². The molecule has 0 saturated carbocycles. The van der Waals surface area contributed by atoms with Crippen LogP contribution >= 0.6 is 31.9 Å². The Morgan fingerprint density at radius 3 is 1.87 bits per heavy atom. The topological polar surface area (TPSA) is 0 Å². The predicted octanol–water partition coefficient (Wildman–Crippen LogP) is 12.7. The van der Waals surface area contributed by atoms with Crippen molar-refractivity contribution in [3.8, 4) is 11.1 Å². The van der Waals surface area contributed by atoms with Gasteiger partial charge in [0.25, 0.3) is 0 Å². The highest BCUT2D eigenvalue weighted by Crippen LogP contribution is 2.59. The highest BCUT2D eigenvalue weighted by atomic mass is 79.9. The fourth-order valence-corrected chi connectivity index (χ4v) is 10.0. The van der Waals surface area contributed by atoms with Crippen LogP contribution in [0.15, 0.2) is 123 Å². The van der Waals surface area contributed by atoms with Crippen LogP contribution in [-0.2, 0) is 5.41 Å². The molecule has 0 N–H and O–H groups in total. The maximum Gasteiger partial charge on any atom is 0.0710 e. The molecule has 226 valence electrons. The Morgan fingerprint density at radius 1 is 0.689 bits per heavy atom. The van der Waals surface area contributed by atoms with E-state index in [1.165, 1.54) is 76.8 Å². The molecule has 4 aromatic rings. The lowest BCUT2D eigenvalue weighted by atomic mass is 9.64. The molecule has 0 fully saturated rings. The average Bonchev–Trinajstić information content (AvgIpc) is 3.27. The van der Waals surface area contributed by atoms with Crippen LogP contribution in [0.25, 0.3) is 16.7 Å². The molecule has 4 aromatic carbocycles. The Labute approximate surface area is 285 Å². The summed E-state index contributed by atoms with van der Waals surface area (Å²) in [7, 11) is 0. The summed E-state index contributed by atoms with van der Waals surface area (Å²) in [5.41, 5.74) is 18.8. The molecule has 0 heterocycles. The van der Waals surface area contributed by atoms with Gasteiger partial charge in [-0.25, -0.2) is 0 Å². The highest BCUT2D eigenvalue weighted by molar-refractivity contribution is 9.12. The highest BCUT2D eigenvalue weighted by Gasteiger charge is 2.48. The SMILES string of the molecule is CC1=CC(Br)=CC(C)C1C1=CC2=C(CC1)c1ccc(-c3c(C)cc(Br)cc3C)cc1C2(c1ccc(C)cc1)c1ccc(C)cc1. The van der Waals surface area contributed by atoms with Gasteiger partial charge >= 0.3 is 0 Å². The zero-order chi connectivity index (χ0) is 31.6. The van der Waals surface area contributed by atoms with Gasteiger partial charge in [-0.3, -0.25) is 0 Å². The molecule has 0 spiro atoms. The number of halogens is 2. The summed E-state index contributed by atoms with van der Waals surface area (Å²) in [5, 5.41) is 0. The molecule has 2 atom stereocenters. The first kappa shape index (κ1) is 30.5. The largest absolute Gasteiger partial charge is 0.0710 e. The van der Waals surface area contributed by atoms with Crippen LogP contribution in [0, 0.1) is 39.5 Å². The van der Waals surface area contributed by atoms with E-state index in [0.717, 1.165) is 17.3 Å². The maximum absolute atomic E-state index is 3.77. The van der Waals surface area contributed by atoms with Gasteiger partial charge < -0.3 is 0 Å². The molecule has 0 saturated heterocycles. The summed E-state index contributed by atoms with van der Waals surface area (Å²) in [5.74, 6) is 0.867. The second-order valence-electron chi connectivity index (χ2n) is 13.5. The van der Waals surface area contributed by atoms with E-state index in [9.17, 15) is 0 Å². The molecular weight excluding hydrogens is 676 g/mol. The number of benzene rings is 4. The number of allylic oxidation sites excluding steroid dienone is 8. The molecule has 3 aliphatic rings. The fourth-order valence-electron chi connectivity index (χ4n) is 8.54. The fraction of sp³-hybridized carbons (Fsp3) is 0.256. The molecule has 2 heteroatoms. The first-order valence-corrected chi connectivity index (χ1v) is 17.7. The number of rotatable bonds is 4. The summed E-state index contributed by atoms with van der Waals surface area (Å²) < 4.78 is 2.34. The Bertz CT molecular complexity index is 1890. The number of aryl methyl sites for hydroxylation is 4. The molecule has 7 rings (SSSR count). The quantitative estimate of drug-likeness (QED) is 0.197. The van der Waals surface area contributed by atoms with Gasteiger partial charge in [0.2, 0.25) is 0 Å². The third-order valence-electron chi connectivity index (χ3n) is 10.4. The van der Waals surface area contributed by atoms with Crippen molar-refractivity contribution >= 4 is 37.4 Å². The van der Waals surface area contributed by atoms with E-state index >= 15 is 0 Å². The number of hydrogen-bond acceptors (Lipinski definition) is 0. The molecule has 0 aromatic heterocycles. The van der Waals surface area contributed by atoms with E-state index in [1.54, 1.807) is 5.57 Å². The standard InChI is InChI=1S/C43H40Br2/c1-25-7-13-33(14-8-25)43(34-15-9-26(2)10-16-34)39-23-31(41-27(3)19-35(44)20-28(41)4)11-17-37(39)38-18-12-32(24-40(38)43)42-29(5)21-36(45)22-30(42)6/h7-11,13-17,19-24,29,42H,12,18H2,1-6H3. The Balaban J connectivity index is 1.54. The second-order valence-corrected chi connectivity index (χ2v) is 15.4. The van der Waals surface area contributed by atoms with Crippen molar-refractivity contribution in [2.24, 2.45) is 11.8 Å². The first-order chi connectivity index (χ1) is 21.6. The Hall–Kier alpha value is -3.20. The summed E-state index contributed by atoms with van der Waals surface area (Å²) in [6.07, 6.45) is 9.48. The summed E-state index contributed by atoms with van der Waals surface area (Å²) in [4.78, 5) is 0. The molecule has 3 aliphatic carbocycles. The zero-order valence-electron chi connectivity index (χ0n) is 27.1. The van der Waals surface area contributed by atoms with Gasteiger partial charge in [0.1, 0.15) is 0 Å². The van der Waals surface area contributed by atoms with E-state index in [0.29, 0.717) is 11.8 Å². The van der Waals surface area contributed by atoms with Crippen LogP contribution in [0.2, 0.25) is 0 Å². The minimum Gasteiger partial charge on any atom is -0.0665 e. The van der Waals surface area contributed by atoms with Gasteiger partial charge in [-0.2, -0.15) is 0 Å². The van der Waals surface area contributed by atoms with Crippen molar-refractivity contribution in [2.45, 2.75) is 59.8 Å². The average molecular weight is 717 g/mol.